The molecule has 1 N–H and O–H groups in total. The maximum atomic E-state index is 13.5. The highest BCUT2D eigenvalue weighted by Crippen LogP contribution is 2.50. The van der Waals surface area contributed by atoms with Gasteiger partial charge in [0.05, 0.1) is 12.1 Å². The first kappa shape index (κ1) is 14.3. The van der Waals surface area contributed by atoms with Gasteiger partial charge in [-0.3, -0.25) is 14.3 Å². The average Bonchev–Trinajstić information content (AvgIpc) is 2.34. The number of aromatic amines is 1. The Hall–Kier alpha value is -1.14. The molecular formula is C12H16ClFN2O3. The molecule has 1 saturated carbocycles. The highest BCUT2D eigenvalue weighted by atomic mass is 35.5. The van der Waals surface area contributed by atoms with Gasteiger partial charge in [-0.1, -0.05) is 25.4 Å². The zero-order valence-electron chi connectivity index (χ0n) is 11.0. The van der Waals surface area contributed by atoms with Gasteiger partial charge in [0.15, 0.2) is 5.15 Å². The van der Waals surface area contributed by atoms with Gasteiger partial charge in [-0.2, -0.15) is 4.39 Å². The molecule has 2 rings (SSSR count). The van der Waals surface area contributed by atoms with Crippen LogP contribution in [-0.2, 0) is 4.74 Å². The zero-order valence-corrected chi connectivity index (χ0v) is 11.8. The number of rotatable bonds is 3. The van der Waals surface area contributed by atoms with E-state index in [1.54, 1.807) is 0 Å². The quantitative estimate of drug-likeness (QED) is 0.862. The van der Waals surface area contributed by atoms with E-state index in [9.17, 15) is 14.0 Å². The molecule has 1 heterocycles. The summed E-state index contributed by atoms with van der Waals surface area (Å²) in [4.78, 5) is 25.8. The van der Waals surface area contributed by atoms with Crippen LogP contribution in [0.15, 0.2) is 9.59 Å². The SMILES string of the molecule is CCOC1CC(n2c(=O)[nH]c(Cl)c(F)c2=O)C1(C)C. The molecule has 1 aromatic heterocycles. The molecule has 0 radical (unpaired) electrons. The molecule has 0 saturated heterocycles. The summed E-state index contributed by atoms with van der Waals surface area (Å²) < 4.78 is 20.0. The van der Waals surface area contributed by atoms with Crippen LogP contribution in [0.25, 0.3) is 0 Å². The first-order chi connectivity index (χ1) is 8.80. The molecule has 1 aliphatic rings. The fourth-order valence-corrected chi connectivity index (χ4v) is 2.73. The Kier molecular flexibility index (Phi) is 3.57. The van der Waals surface area contributed by atoms with Crippen molar-refractivity contribution in [3.63, 3.8) is 0 Å². The fraction of sp³-hybridized carbons (Fsp3) is 0.667. The van der Waals surface area contributed by atoms with E-state index in [0.717, 1.165) is 4.57 Å². The van der Waals surface area contributed by atoms with Crippen LogP contribution < -0.4 is 11.2 Å². The molecule has 1 aromatic rings. The minimum absolute atomic E-state index is 0.0486. The molecule has 0 aromatic carbocycles. The van der Waals surface area contributed by atoms with Crippen molar-refractivity contribution in [1.82, 2.24) is 9.55 Å². The van der Waals surface area contributed by atoms with Gasteiger partial charge >= 0.3 is 5.69 Å². The first-order valence-electron chi connectivity index (χ1n) is 6.12. The van der Waals surface area contributed by atoms with Crippen LogP contribution >= 0.6 is 11.6 Å². The number of ether oxygens (including phenoxy) is 1. The smallest absolute Gasteiger partial charge is 0.329 e. The van der Waals surface area contributed by atoms with E-state index in [0.29, 0.717) is 13.0 Å². The molecule has 0 aliphatic heterocycles. The van der Waals surface area contributed by atoms with E-state index in [4.69, 9.17) is 16.3 Å². The number of aromatic nitrogens is 2. The second kappa shape index (κ2) is 4.76. The lowest BCUT2D eigenvalue weighted by atomic mass is 9.64. The van der Waals surface area contributed by atoms with Crippen molar-refractivity contribution in [3.05, 3.63) is 31.8 Å². The maximum absolute atomic E-state index is 13.5. The summed E-state index contributed by atoms with van der Waals surface area (Å²) in [6, 6.07) is -0.396. The fourth-order valence-electron chi connectivity index (χ4n) is 2.57. The third-order valence-electron chi connectivity index (χ3n) is 3.84. The number of hydrogen-bond acceptors (Lipinski definition) is 3. The average molecular weight is 291 g/mol. The van der Waals surface area contributed by atoms with Crippen molar-refractivity contribution in [2.45, 2.75) is 39.3 Å². The zero-order chi connectivity index (χ0) is 14.4. The van der Waals surface area contributed by atoms with Crippen LogP contribution in [0.5, 0.6) is 0 Å². The van der Waals surface area contributed by atoms with Crippen LogP contribution in [-0.4, -0.2) is 22.3 Å². The largest absolute Gasteiger partial charge is 0.378 e. The summed E-state index contributed by atoms with van der Waals surface area (Å²) in [5.74, 6) is -1.13. The van der Waals surface area contributed by atoms with Gasteiger partial charge in [-0.15, -0.1) is 0 Å². The van der Waals surface area contributed by atoms with Gasteiger partial charge in [0.2, 0.25) is 5.82 Å². The molecule has 5 nitrogen and oxygen atoms in total. The summed E-state index contributed by atoms with van der Waals surface area (Å²) in [5, 5.41) is -0.551. The third kappa shape index (κ3) is 2.12. The lowest BCUT2D eigenvalue weighted by Gasteiger charge is -2.51. The van der Waals surface area contributed by atoms with E-state index in [1.165, 1.54) is 0 Å². The van der Waals surface area contributed by atoms with Crippen molar-refractivity contribution in [1.29, 1.82) is 0 Å². The second-order valence-corrected chi connectivity index (χ2v) is 5.63. The van der Waals surface area contributed by atoms with Crippen LogP contribution in [0.3, 0.4) is 0 Å². The molecule has 0 spiro atoms. The van der Waals surface area contributed by atoms with Crippen molar-refractivity contribution in [2.24, 2.45) is 5.41 Å². The molecule has 1 fully saturated rings. The van der Waals surface area contributed by atoms with Crippen LogP contribution in [0.4, 0.5) is 4.39 Å². The summed E-state index contributed by atoms with van der Waals surface area (Å²) in [6.07, 6.45) is 0.456. The van der Waals surface area contributed by atoms with Gasteiger partial charge in [0, 0.05) is 12.0 Å². The predicted octanol–water partition coefficient (Wildman–Crippen LogP) is 1.71. The Morgan fingerprint density at radius 2 is 2.16 bits per heavy atom. The normalized spacial score (nSPS) is 25.1. The first-order valence-corrected chi connectivity index (χ1v) is 6.49. The molecule has 0 amide bonds. The molecule has 2 unspecified atom stereocenters. The summed E-state index contributed by atoms with van der Waals surface area (Å²) in [7, 11) is 0. The van der Waals surface area contributed by atoms with E-state index in [2.05, 4.69) is 4.98 Å². The molecule has 0 bridgehead atoms. The highest BCUT2D eigenvalue weighted by Gasteiger charge is 2.51. The number of hydrogen-bond donors (Lipinski definition) is 1. The summed E-state index contributed by atoms with van der Waals surface area (Å²) >= 11 is 5.44. The summed E-state index contributed by atoms with van der Waals surface area (Å²) in [5.41, 5.74) is -2.08. The Morgan fingerprint density at radius 3 is 2.68 bits per heavy atom. The monoisotopic (exact) mass is 290 g/mol. The Balaban J connectivity index is 2.44. The van der Waals surface area contributed by atoms with Crippen LogP contribution in [0.2, 0.25) is 5.15 Å². The lowest BCUT2D eigenvalue weighted by Crippen LogP contribution is -2.57. The molecule has 1 aliphatic carbocycles. The van der Waals surface area contributed by atoms with Crippen molar-refractivity contribution >= 4 is 11.6 Å². The van der Waals surface area contributed by atoms with Crippen LogP contribution in [0, 0.1) is 11.2 Å². The van der Waals surface area contributed by atoms with Crippen LogP contribution in [0.1, 0.15) is 33.2 Å². The van der Waals surface area contributed by atoms with E-state index in [1.807, 2.05) is 20.8 Å². The Morgan fingerprint density at radius 1 is 1.53 bits per heavy atom. The van der Waals surface area contributed by atoms with Gasteiger partial charge in [-0.05, 0) is 13.3 Å². The van der Waals surface area contributed by atoms with Gasteiger partial charge in [-0.25, -0.2) is 4.79 Å². The molecule has 19 heavy (non-hydrogen) atoms. The Bertz CT molecular complexity index is 608. The maximum Gasteiger partial charge on any atom is 0.329 e. The highest BCUT2D eigenvalue weighted by molar-refractivity contribution is 6.29. The van der Waals surface area contributed by atoms with Crippen molar-refractivity contribution in [2.75, 3.05) is 6.61 Å². The Labute approximate surface area is 114 Å². The molecule has 106 valence electrons. The minimum Gasteiger partial charge on any atom is -0.378 e. The minimum atomic E-state index is -1.13. The van der Waals surface area contributed by atoms with Gasteiger partial charge in [0.25, 0.3) is 5.56 Å². The molecule has 7 heteroatoms. The van der Waals surface area contributed by atoms with Gasteiger partial charge < -0.3 is 4.74 Å². The van der Waals surface area contributed by atoms with Gasteiger partial charge in [0.1, 0.15) is 0 Å². The van der Waals surface area contributed by atoms with E-state index >= 15 is 0 Å². The number of H-pyrrole nitrogens is 1. The predicted molar refractivity (Wildman–Crippen MR) is 69.1 cm³/mol. The number of nitrogens with zero attached hydrogens (tertiary/aromatic N) is 1. The molecular weight excluding hydrogens is 275 g/mol. The number of nitrogens with one attached hydrogen (secondary N) is 1. The van der Waals surface area contributed by atoms with E-state index < -0.39 is 33.7 Å². The summed E-state index contributed by atoms with van der Waals surface area (Å²) in [6.45, 7) is 6.21. The molecule has 2 atom stereocenters. The topological polar surface area (TPSA) is 64.1 Å². The van der Waals surface area contributed by atoms with Crippen molar-refractivity contribution < 1.29 is 9.13 Å². The standard InChI is InChI=1S/C12H16ClFN2O3/c1-4-19-7-5-6(12(7,2)3)16-10(17)8(14)9(13)15-11(16)18/h6-7H,4-5H2,1-3H3,(H,15,18). The second-order valence-electron chi connectivity index (χ2n) is 5.25. The number of halogens is 2. The van der Waals surface area contributed by atoms with Crippen molar-refractivity contribution in [3.8, 4) is 0 Å². The van der Waals surface area contributed by atoms with E-state index in [-0.39, 0.29) is 6.10 Å². The third-order valence-corrected chi connectivity index (χ3v) is 4.10. The lowest BCUT2D eigenvalue weighted by molar-refractivity contribution is -0.130.